The van der Waals surface area contributed by atoms with Crippen LogP contribution in [0.5, 0.6) is 17.2 Å². The zero-order valence-corrected chi connectivity index (χ0v) is 8.95. The van der Waals surface area contributed by atoms with E-state index in [4.69, 9.17) is 17.3 Å². The van der Waals surface area contributed by atoms with Gasteiger partial charge in [0.05, 0.1) is 11.1 Å². The fourth-order valence-electron chi connectivity index (χ4n) is 1.56. The molecule has 0 fully saturated rings. The Morgan fingerprint density at radius 3 is 2.18 bits per heavy atom. The van der Waals surface area contributed by atoms with E-state index in [1.165, 1.54) is 0 Å². The number of phenolic OH excluding ortho intramolecular Hbond substituents is 3. The number of phenols is 3. The molecule has 0 aromatic heterocycles. The molecule has 7 heteroatoms. The zero-order chi connectivity index (χ0) is 12.9. The fraction of sp³-hybridized carbons (Fsp3) is 0. The van der Waals surface area contributed by atoms with Crippen molar-refractivity contribution in [3.8, 4) is 17.2 Å². The standard InChI is InChI=1S/C10H6ClNO5/c11-6-7(12)10(17)4-2(13)1-3(14)8(15)5(4)9(6)16/h1,13-15H,12H2. The average molecular weight is 256 g/mol. The molecule has 1 aliphatic rings. The first-order chi connectivity index (χ1) is 7.86. The number of allylic oxidation sites excluding steroid dienone is 2. The van der Waals surface area contributed by atoms with E-state index in [2.05, 4.69) is 0 Å². The number of carbonyl (C=O) groups is 2. The van der Waals surface area contributed by atoms with Crippen molar-refractivity contribution < 1.29 is 24.9 Å². The van der Waals surface area contributed by atoms with E-state index in [0.717, 1.165) is 6.07 Å². The fourth-order valence-corrected chi connectivity index (χ4v) is 1.74. The van der Waals surface area contributed by atoms with Gasteiger partial charge in [0, 0.05) is 6.07 Å². The van der Waals surface area contributed by atoms with Crippen LogP contribution in [0.15, 0.2) is 16.8 Å². The molecule has 2 rings (SSSR count). The van der Waals surface area contributed by atoms with E-state index in [9.17, 15) is 24.9 Å². The lowest BCUT2D eigenvalue weighted by Gasteiger charge is -2.17. The van der Waals surface area contributed by atoms with Crippen molar-refractivity contribution in [2.75, 3.05) is 0 Å². The molecule has 0 saturated heterocycles. The molecule has 0 spiro atoms. The van der Waals surface area contributed by atoms with Gasteiger partial charge in [0.2, 0.25) is 11.6 Å². The number of Topliss-reactive ketones (excluding diaryl/α,β-unsaturated/α-hetero) is 2. The van der Waals surface area contributed by atoms with Crippen LogP contribution in [0.3, 0.4) is 0 Å². The molecule has 1 aliphatic carbocycles. The topological polar surface area (TPSA) is 121 Å². The number of fused-ring (bicyclic) bond motifs is 1. The maximum Gasteiger partial charge on any atom is 0.214 e. The average Bonchev–Trinajstić information content (AvgIpc) is 2.28. The normalized spacial score (nSPS) is 15.1. The molecule has 88 valence electrons. The summed E-state index contributed by atoms with van der Waals surface area (Å²) >= 11 is 5.53. The summed E-state index contributed by atoms with van der Waals surface area (Å²) in [6.07, 6.45) is 0. The van der Waals surface area contributed by atoms with E-state index in [1.54, 1.807) is 0 Å². The number of hydrogen-bond donors (Lipinski definition) is 4. The van der Waals surface area contributed by atoms with E-state index in [0.29, 0.717) is 0 Å². The third-order valence-electron chi connectivity index (χ3n) is 2.39. The van der Waals surface area contributed by atoms with E-state index in [-0.39, 0.29) is 0 Å². The van der Waals surface area contributed by atoms with Gasteiger partial charge in [0.15, 0.2) is 11.5 Å². The highest BCUT2D eigenvalue weighted by Gasteiger charge is 2.36. The molecule has 0 unspecified atom stereocenters. The summed E-state index contributed by atoms with van der Waals surface area (Å²) in [5.41, 5.74) is 3.78. The Morgan fingerprint density at radius 1 is 1.00 bits per heavy atom. The second kappa shape index (κ2) is 3.39. The molecule has 0 atom stereocenters. The third-order valence-corrected chi connectivity index (χ3v) is 2.77. The molecule has 0 bridgehead atoms. The van der Waals surface area contributed by atoms with Crippen molar-refractivity contribution in [2.24, 2.45) is 5.73 Å². The molecule has 0 aliphatic heterocycles. The molecule has 5 N–H and O–H groups in total. The smallest absolute Gasteiger partial charge is 0.214 e. The molecule has 0 saturated carbocycles. The molecular formula is C10H6ClNO5. The first-order valence-corrected chi connectivity index (χ1v) is 4.76. The number of carbonyl (C=O) groups excluding carboxylic acids is 2. The quantitative estimate of drug-likeness (QED) is 0.398. The third kappa shape index (κ3) is 1.34. The van der Waals surface area contributed by atoms with Crippen LogP contribution in [-0.4, -0.2) is 26.9 Å². The van der Waals surface area contributed by atoms with Gasteiger partial charge in [0.1, 0.15) is 16.5 Å². The minimum Gasteiger partial charge on any atom is -0.507 e. The van der Waals surface area contributed by atoms with Gasteiger partial charge in [-0.2, -0.15) is 0 Å². The molecule has 17 heavy (non-hydrogen) atoms. The number of benzene rings is 1. The number of hydrogen-bond acceptors (Lipinski definition) is 6. The maximum absolute atomic E-state index is 11.7. The summed E-state index contributed by atoms with van der Waals surface area (Å²) in [6, 6.07) is 0.742. The maximum atomic E-state index is 11.7. The van der Waals surface area contributed by atoms with Gasteiger partial charge >= 0.3 is 0 Å². The summed E-state index contributed by atoms with van der Waals surface area (Å²) in [4.78, 5) is 23.4. The minimum atomic E-state index is -0.928. The summed E-state index contributed by atoms with van der Waals surface area (Å²) in [5.74, 6) is -4.00. The Labute approximate surface area is 99.5 Å². The predicted octanol–water partition coefficient (Wildman–Crippen LogP) is 0.591. The Morgan fingerprint density at radius 2 is 1.59 bits per heavy atom. The Kier molecular flexibility index (Phi) is 2.25. The summed E-state index contributed by atoms with van der Waals surface area (Å²) in [5, 5.41) is 27.7. The monoisotopic (exact) mass is 255 g/mol. The number of ketones is 2. The number of aromatic hydroxyl groups is 3. The molecule has 1 aromatic carbocycles. The highest BCUT2D eigenvalue weighted by Crippen LogP contribution is 2.42. The number of rotatable bonds is 0. The lowest BCUT2D eigenvalue weighted by atomic mass is 9.90. The van der Waals surface area contributed by atoms with E-state index >= 15 is 0 Å². The van der Waals surface area contributed by atoms with Gasteiger partial charge < -0.3 is 21.1 Å². The summed E-state index contributed by atoms with van der Waals surface area (Å²) in [6.45, 7) is 0. The van der Waals surface area contributed by atoms with Crippen LogP contribution in [0.4, 0.5) is 0 Å². The van der Waals surface area contributed by atoms with Gasteiger partial charge in [-0.1, -0.05) is 11.6 Å². The summed E-state index contributed by atoms with van der Waals surface area (Å²) < 4.78 is 0. The molecule has 0 heterocycles. The lowest BCUT2D eigenvalue weighted by Crippen LogP contribution is -2.24. The zero-order valence-electron chi connectivity index (χ0n) is 8.19. The van der Waals surface area contributed by atoms with E-state index < -0.39 is 50.7 Å². The second-order valence-electron chi connectivity index (χ2n) is 3.40. The Bertz CT molecular complexity index is 605. The predicted molar refractivity (Wildman–Crippen MR) is 57.2 cm³/mol. The molecule has 0 amide bonds. The van der Waals surface area contributed by atoms with Crippen LogP contribution in [0.2, 0.25) is 0 Å². The highest BCUT2D eigenvalue weighted by atomic mass is 35.5. The minimum absolute atomic E-state index is 0.466. The van der Waals surface area contributed by atoms with Crippen molar-refractivity contribution >= 4 is 23.2 Å². The highest BCUT2D eigenvalue weighted by molar-refractivity contribution is 6.50. The molecular weight excluding hydrogens is 250 g/mol. The van der Waals surface area contributed by atoms with Gasteiger partial charge in [-0.05, 0) is 0 Å². The molecule has 0 radical (unpaired) electrons. The van der Waals surface area contributed by atoms with Crippen molar-refractivity contribution in [1.29, 1.82) is 0 Å². The molecule has 1 aromatic rings. The van der Waals surface area contributed by atoms with Gasteiger partial charge in [-0.15, -0.1) is 0 Å². The van der Waals surface area contributed by atoms with Crippen molar-refractivity contribution in [2.45, 2.75) is 0 Å². The SMILES string of the molecule is NC1=C(Cl)C(=O)c2c(O)c(O)cc(O)c2C1=O. The lowest BCUT2D eigenvalue weighted by molar-refractivity contribution is 0.0974. The van der Waals surface area contributed by atoms with Crippen LogP contribution >= 0.6 is 11.6 Å². The number of nitrogens with two attached hydrogens (primary N) is 1. The first kappa shape index (κ1) is 11.3. The van der Waals surface area contributed by atoms with E-state index in [1.807, 2.05) is 0 Å². The van der Waals surface area contributed by atoms with Gasteiger partial charge in [-0.25, -0.2) is 0 Å². The van der Waals surface area contributed by atoms with Crippen LogP contribution in [0, 0.1) is 0 Å². The van der Waals surface area contributed by atoms with Gasteiger partial charge in [0.25, 0.3) is 0 Å². The van der Waals surface area contributed by atoms with Crippen LogP contribution in [0.25, 0.3) is 0 Å². The van der Waals surface area contributed by atoms with Gasteiger partial charge in [-0.3, -0.25) is 9.59 Å². The summed E-state index contributed by atoms with van der Waals surface area (Å²) in [7, 11) is 0. The van der Waals surface area contributed by atoms with Crippen molar-refractivity contribution in [3.63, 3.8) is 0 Å². The van der Waals surface area contributed by atoms with Crippen LogP contribution < -0.4 is 5.73 Å². The largest absolute Gasteiger partial charge is 0.507 e. The van der Waals surface area contributed by atoms with Crippen LogP contribution in [-0.2, 0) is 0 Å². The first-order valence-electron chi connectivity index (χ1n) is 4.38. The van der Waals surface area contributed by atoms with Crippen LogP contribution in [0.1, 0.15) is 20.7 Å². The Balaban J connectivity index is 2.90. The second-order valence-corrected chi connectivity index (χ2v) is 3.78. The Hall–Kier alpha value is -2.21. The van der Waals surface area contributed by atoms with Crippen molar-refractivity contribution in [1.82, 2.24) is 0 Å². The molecule has 6 nitrogen and oxygen atoms in total. The number of halogens is 1. The van der Waals surface area contributed by atoms with Crippen molar-refractivity contribution in [3.05, 3.63) is 27.9 Å².